The van der Waals surface area contributed by atoms with Gasteiger partial charge in [-0.25, -0.2) is 9.40 Å². The van der Waals surface area contributed by atoms with Gasteiger partial charge in [-0.1, -0.05) is 12.1 Å². The minimum atomic E-state index is -0.280. The highest BCUT2D eigenvalue weighted by Gasteiger charge is 2.27. The summed E-state index contributed by atoms with van der Waals surface area (Å²) in [5.41, 5.74) is 3.91. The average molecular weight is 279 g/mol. The molecule has 0 spiro atoms. The second-order valence-electron chi connectivity index (χ2n) is 5.08. The molecule has 0 aromatic heterocycles. The van der Waals surface area contributed by atoms with E-state index in [4.69, 9.17) is 0 Å². The van der Waals surface area contributed by atoms with Crippen molar-refractivity contribution >= 4 is 11.8 Å². The van der Waals surface area contributed by atoms with E-state index in [0.717, 1.165) is 0 Å². The molecule has 0 aliphatic carbocycles. The van der Waals surface area contributed by atoms with E-state index in [1.54, 1.807) is 24.1 Å². The number of halogens is 1. The fourth-order valence-electron chi connectivity index (χ4n) is 2.05. The summed E-state index contributed by atoms with van der Waals surface area (Å²) in [6.45, 7) is 3.93. The molecule has 1 aliphatic rings. The van der Waals surface area contributed by atoms with Gasteiger partial charge in [0.1, 0.15) is 5.82 Å². The summed E-state index contributed by atoms with van der Waals surface area (Å²) >= 11 is 0. The first kappa shape index (κ1) is 14.5. The van der Waals surface area contributed by atoms with Crippen LogP contribution in [0.2, 0.25) is 0 Å². The highest BCUT2D eigenvalue weighted by molar-refractivity contribution is 5.81. The SMILES string of the molecule is Cc1ccc(CNC(=O)CN2NC(=O)C[C@H]2C)cc1F. The first-order valence-corrected chi connectivity index (χ1v) is 6.53. The Kier molecular flexibility index (Phi) is 4.34. The molecule has 0 bridgehead atoms. The predicted octanol–water partition coefficient (Wildman–Crippen LogP) is 0.876. The number of aryl methyl sites for hydroxylation is 1. The Morgan fingerprint density at radius 1 is 1.55 bits per heavy atom. The number of nitrogens with one attached hydrogen (secondary N) is 2. The van der Waals surface area contributed by atoms with Crippen molar-refractivity contribution in [1.82, 2.24) is 15.8 Å². The van der Waals surface area contributed by atoms with Crippen molar-refractivity contribution in [2.24, 2.45) is 0 Å². The van der Waals surface area contributed by atoms with E-state index in [1.165, 1.54) is 6.07 Å². The third kappa shape index (κ3) is 3.54. The number of amides is 2. The predicted molar refractivity (Wildman–Crippen MR) is 71.9 cm³/mol. The van der Waals surface area contributed by atoms with E-state index in [-0.39, 0.29) is 36.8 Å². The summed E-state index contributed by atoms with van der Waals surface area (Å²) in [4.78, 5) is 22.9. The number of rotatable bonds is 4. The lowest BCUT2D eigenvalue weighted by atomic mass is 10.1. The second-order valence-corrected chi connectivity index (χ2v) is 5.08. The second kappa shape index (κ2) is 6.00. The number of hydrazine groups is 1. The molecule has 1 aromatic rings. The number of hydrogen-bond acceptors (Lipinski definition) is 3. The zero-order valence-corrected chi connectivity index (χ0v) is 11.6. The van der Waals surface area contributed by atoms with Gasteiger partial charge in [0, 0.05) is 19.0 Å². The van der Waals surface area contributed by atoms with Crippen LogP contribution in [0.4, 0.5) is 4.39 Å². The molecule has 20 heavy (non-hydrogen) atoms. The normalized spacial score (nSPS) is 18.9. The van der Waals surface area contributed by atoms with Crippen LogP contribution in [-0.4, -0.2) is 29.4 Å². The largest absolute Gasteiger partial charge is 0.351 e. The van der Waals surface area contributed by atoms with E-state index in [1.807, 2.05) is 6.92 Å². The number of carbonyl (C=O) groups is 2. The summed E-state index contributed by atoms with van der Waals surface area (Å²) in [5.74, 6) is -0.567. The van der Waals surface area contributed by atoms with E-state index < -0.39 is 0 Å². The summed E-state index contributed by atoms with van der Waals surface area (Å²) in [5, 5.41) is 4.31. The maximum Gasteiger partial charge on any atom is 0.236 e. The van der Waals surface area contributed by atoms with Gasteiger partial charge in [-0.05, 0) is 31.0 Å². The summed E-state index contributed by atoms with van der Waals surface area (Å²) in [6.07, 6.45) is 0.399. The highest BCUT2D eigenvalue weighted by Crippen LogP contribution is 2.10. The monoisotopic (exact) mass is 279 g/mol. The Morgan fingerprint density at radius 2 is 2.30 bits per heavy atom. The Morgan fingerprint density at radius 3 is 2.90 bits per heavy atom. The minimum Gasteiger partial charge on any atom is -0.351 e. The Labute approximate surface area is 117 Å². The Hall–Kier alpha value is -1.95. The molecule has 6 heteroatoms. The lowest BCUT2D eigenvalue weighted by Gasteiger charge is -2.19. The smallest absolute Gasteiger partial charge is 0.236 e. The van der Waals surface area contributed by atoms with Gasteiger partial charge in [0.2, 0.25) is 11.8 Å². The fraction of sp³-hybridized carbons (Fsp3) is 0.429. The molecule has 0 saturated carbocycles. The molecule has 2 rings (SSSR count). The van der Waals surface area contributed by atoms with Crippen LogP contribution in [0.25, 0.3) is 0 Å². The molecule has 1 aliphatic heterocycles. The highest BCUT2D eigenvalue weighted by atomic mass is 19.1. The summed E-state index contributed by atoms with van der Waals surface area (Å²) in [6, 6.07) is 4.87. The van der Waals surface area contributed by atoms with Crippen LogP contribution in [0.5, 0.6) is 0 Å². The van der Waals surface area contributed by atoms with E-state index in [2.05, 4.69) is 10.7 Å². The molecular formula is C14H18FN3O2. The third-order valence-electron chi connectivity index (χ3n) is 3.32. The quantitative estimate of drug-likeness (QED) is 0.860. The molecule has 1 fully saturated rings. The Bertz CT molecular complexity index is 533. The lowest BCUT2D eigenvalue weighted by Crippen LogP contribution is -2.44. The van der Waals surface area contributed by atoms with Crippen LogP contribution >= 0.6 is 0 Å². The molecule has 2 N–H and O–H groups in total. The minimum absolute atomic E-state index is 0.00469. The number of benzene rings is 1. The van der Waals surface area contributed by atoms with Gasteiger partial charge in [-0.15, -0.1) is 0 Å². The molecule has 2 amide bonds. The van der Waals surface area contributed by atoms with Gasteiger partial charge < -0.3 is 5.32 Å². The maximum absolute atomic E-state index is 13.4. The fourth-order valence-corrected chi connectivity index (χ4v) is 2.05. The molecule has 108 valence electrons. The average Bonchev–Trinajstić information content (AvgIpc) is 2.69. The summed E-state index contributed by atoms with van der Waals surface area (Å²) in [7, 11) is 0. The van der Waals surface area contributed by atoms with E-state index in [0.29, 0.717) is 17.5 Å². The Balaban J connectivity index is 1.83. The summed E-state index contributed by atoms with van der Waals surface area (Å²) < 4.78 is 13.4. The van der Waals surface area contributed by atoms with Gasteiger partial charge in [0.15, 0.2) is 0 Å². The van der Waals surface area contributed by atoms with Gasteiger partial charge in [-0.2, -0.15) is 0 Å². The molecule has 0 unspecified atom stereocenters. The first-order valence-electron chi connectivity index (χ1n) is 6.53. The number of carbonyl (C=O) groups excluding carboxylic acids is 2. The van der Waals surface area contributed by atoms with Crippen LogP contribution in [0.15, 0.2) is 18.2 Å². The van der Waals surface area contributed by atoms with Gasteiger partial charge >= 0.3 is 0 Å². The van der Waals surface area contributed by atoms with Crippen LogP contribution < -0.4 is 10.7 Å². The molecule has 5 nitrogen and oxygen atoms in total. The first-order chi connectivity index (χ1) is 9.45. The van der Waals surface area contributed by atoms with Crippen LogP contribution in [0.1, 0.15) is 24.5 Å². The van der Waals surface area contributed by atoms with Crippen molar-refractivity contribution in [1.29, 1.82) is 0 Å². The third-order valence-corrected chi connectivity index (χ3v) is 3.32. The van der Waals surface area contributed by atoms with Crippen LogP contribution in [-0.2, 0) is 16.1 Å². The van der Waals surface area contributed by atoms with E-state index in [9.17, 15) is 14.0 Å². The van der Waals surface area contributed by atoms with Crippen molar-refractivity contribution < 1.29 is 14.0 Å². The van der Waals surface area contributed by atoms with Crippen molar-refractivity contribution in [3.8, 4) is 0 Å². The molecular weight excluding hydrogens is 261 g/mol. The standard InChI is InChI=1S/C14H18FN3O2/c1-9-3-4-11(6-12(9)15)7-16-14(20)8-18-10(2)5-13(19)17-18/h3-4,6,10H,5,7-8H2,1-2H3,(H,16,20)(H,17,19)/t10-/m1/s1. The lowest BCUT2D eigenvalue weighted by molar-refractivity contribution is -0.124. The molecule has 1 aromatic carbocycles. The van der Waals surface area contributed by atoms with Crippen molar-refractivity contribution in [3.05, 3.63) is 35.1 Å². The van der Waals surface area contributed by atoms with Gasteiger partial charge in [0.25, 0.3) is 0 Å². The van der Waals surface area contributed by atoms with E-state index >= 15 is 0 Å². The molecule has 1 heterocycles. The zero-order valence-electron chi connectivity index (χ0n) is 11.6. The van der Waals surface area contributed by atoms with Crippen LogP contribution in [0, 0.1) is 12.7 Å². The van der Waals surface area contributed by atoms with Crippen molar-refractivity contribution in [3.63, 3.8) is 0 Å². The molecule has 1 saturated heterocycles. The van der Waals surface area contributed by atoms with Crippen LogP contribution in [0.3, 0.4) is 0 Å². The van der Waals surface area contributed by atoms with Crippen molar-refractivity contribution in [2.75, 3.05) is 6.54 Å². The number of hydrogen-bond donors (Lipinski definition) is 2. The maximum atomic E-state index is 13.4. The van der Waals surface area contributed by atoms with Gasteiger partial charge in [-0.3, -0.25) is 15.0 Å². The van der Waals surface area contributed by atoms with Gasteiger partial charge in [0.05, 0.1) is 6.54 Å². The topological polar surface area (TPSA) is 61.4 Å². The van der Waals surface area contributed by atoms with Crippen molar-refractivity contribution in [2.45, 2.75) is 32.9 Å². The zero-order chi connectivity index (χ0) is 14.7. The number of nitrogens with zero attached hydrogens (tertiary/aromatic N) is 1. The molecule has 1 atom stereocenters. The molecule has 0 radical (unpaired) electrons.